The smallest absolute Gasteiger partial charge is 0.157 e. The lowest BCUT2D eigenvalue weighted by molar-refractivity contribution is 0.0622. The third-order valence-electron chi connectivity index (χ3n) is 7.59. The van der Waals surface area contributed by atoms with Gasteiger partial charge in [0.25, 0.3) is 0 Å². The van der Waals surface area contributed by atoms with Crippen molar-refractivity contribution >= 4 is 11.4 Å². The summed E-state index contributed by atoms with van der Waals surface area (Å²) in [6, 6.07) is 0. The predicted octanol–water partition coefficient (Wildman–Crippen LogP) is 4.05. The Balaban J connectivity index is 1.25. The minimum absolute atomic E-state index is 0.316. The van der Waals surface area contributed by atoms with Gasteiger partial charge in [-0.25, -0.2) is 9.97 Å². The van der Waals surface area contributed by atoms with Gasteiger partial charge in [-0.1, -0.05) is 12.2 Å². The Kier molecular flexibility index (Phi) is 7.12. The minimum atomic E-state index is 0.316. The maximum Gasteiger partial charge on any atom is 0.157 e. The molecule has 3 aliphatic heterocycles. The first-order valence-electron chi connectivity index (χ1n) is 12.9. The molecule has 0 atom stereocenters. The third kappa shape index (κ3) is 5.49. The summed E-state index contributed by atoms with van der Waals surface area (Å²) in [5.74, 6) is 3.02. The van der Waals surface area contributed by atoms with Crippen LogP contribution in [0.25, 0.3) is 5.57 Å². The van der Waals surface area contributed by atoms with Crippen molar-refractivity contribution in [1.82, 2.24) is 19.8 Å². The molecule has 0 N–H and O–H groups in total. The molecule has 0 bridgehead atoms. The molecule has 33 heavy (non-hydrogen) atoms. The van der Waals surface area contributed by atoms with Crippen LogP contribution < -0.4 is 4.90 Å². The fourth-order valence-electron chi connectivity index (χ4n) is 5.39. The number of piperidine rings is 1. The Hall–Kier alpha value is -2.18. The highest BCUT2D eigenvalue weighted by molar-refractivity contribution is 5.67. The first-order chi connectivity index (χ1) is 16.2. The van der Waals surface area contributed by atoms with Crippen LogP contribution in [0.5, 0.6) is 0 Å². The predicted molar refractivity (Wildman–Crippen MR) is 134 cm³/mol. The van der Waals surface area contributed by atoms with E-state index in [0.717, 1.165) is 69.3 Å². The van der Waals surface area contributed by atoms with E-state index in [1.54, 1.807) is 0 Å². The number of anilines is 1. The van der Waals surface area contributed by atoms with E-state index >= 15 is 0 Å². The van der Waals surface area contributed by atoms with Crippen LogP contribution in [0.15, 0.2) is 35.8 Å². The van der Waals surface area contributed by atoms with Crippen molar-refractivity contribution < 1.29 is 4.74 Å². The number of ether oxygens (including phenoxy) is 1. The lowest BCUT2D eigenvalue weighted by Crippen LogP contribution is -2.34. The normalized spacial score (nSPS) is 22.6. The van der Waals surface area contributed by atoms with Crippen molar-refractivity contribution in [3.05, 3.63) is 47.1 Å². The molecule has 6 heteroatoms. The summed E-state index contributed by atoms with van der Waals surface area (Å²) < 4.78 is 6.40. The minimum Gasteiger partial charge on any atom is -0.490 e. The van der Waals surface area contributed by atoms with Crippen molar-refractivity contribution in [1.29, 1.82) is 0 Å². The van der Waals surface area contributed by atoms with Crippen molar-refractivity contribution in [3.8, 4) is 0 Å². The van der Waals surface area contributed by atoms with Crippen LogP contribution in [0.3, 0.4) is 0 Å². The second-order valence-corrected chi connectivity index (χ2v) is 10.1. The van der Waals surface area contributed by atoms with Gasteiger partial charge in [0.1, 0.15) is 17.7 Å². The highest BCUT2D eigenvalue weighted by atomic mass is 16.5. The first-order valence-corrected chi connectivity index (χ1v) is 12.9. The van der Waals surface area contributed by atoms with Gasteiger partial charge >= 0.3 is 0 Å². The number of hydrogen-bond acceptors (Lipinski definition) is 6. The molecular weight excluding hydrogens is 410 g/mol. The monoisotopic (exact) mass is 449 g/mol. The molecule has 0 spiro atoms. The summed E-state index contributed by atoms with van der Waals surface area (Å²) in [7, 11) is 2.19. The van der Waals surface area contributed by atoms with Gasteiger partial charge in [-0.2, -0.15) is 0 Å². The van der Waals surface area contributed by atoms with E-state index in [1.165, 1.54) is 55.6 Å². The van der Waals surface area contributed by atoms with E-state index in [0.29, 0.717) is 6.10 Å². The number of allylic oxidation sites excluding steroid dienone is 5. The van der Waals surface area contributed by atoms with Crippen LogP contribution in [0, 0.1) is 0 Å². The summed E-state index contributed by atoms with van der Waals surface area (Å²) in [4.78, 5) is 17.3. The lowest BCUT2D eigenvalue weighted by atomic mass is 10.1. The van der Waals surface area contributed by atoms with Crippen molar-refractivity contribution in [2.75, 3.05) is 57.8 Å². The van der Waals surface area contributed by atoms with E-state index in [9.17, 15) is 0 Å². The Bertz CT molecular complexity index is 922. The fraction of sp³-hybridized carbons (Fsp3) is 0.630. The largest absolute Gasteiger partial charge is 0.490 e. The van der Waals surface area contributed by atoms with Gasteiger partial charge in [0.15, 0.2) is 5.82 Å². The Morgan fingerprint density at radius 3 is 2.67 bits per heavy atom. The Labute approximate surface area is 199 Å². The number of rotatable bonds is 7. The van der Waals surface area contributed by atoms with Gasteiger partial charge < -0.3 is 19.4 Å². The van der Waals surface area contributed by atoms with Gasteiger partial charge in [-0.05, 0) is 90.2 Å². The van der Waals surface area contributed by atoms with E-state index in [1.807, 2.05) is 0 Å². The van der Waals surface area contributed by atoms with Crippen LogP contribution in [0.2, 0.25) is 0 Å². The Morgan fingerprint density at radius 1 is 1.03 bits per heavy atom. The topological polar surface area (TPSA) is 44.7 Å². The molecule has 0 aromatic carbocycles. The summed E-state index contributed by atoms with van der Waals surface area (Å²) in [6.07, 6.45) is 17.0. The maximum absolute atomic E-state index is 6.40. The van der Waals surface area contributed by atoms with Crippen LogP contribution >= 0.6 is 0 Å². The zero-order chi connectivity index (χ0) is 22.6. The molecule has 4 heterocycles. The number of fused-ring (bicyclic) bond motifs is 1. The fourth-order valence-corrected chi connectivity index (χ4v) is 5.39. The highest BCUT2D eigenvalue weighted by Gasteiger charge is 2.24. The molecule has 5 rings (SSSR count). The summed E-state index contributed by atoms with van der Waals surface area (Å²) in [6.45, 7) is 10.3. The molecule has 2 saturated heterocycles. The zero-order valence-corrected chi connectivity index (χ0v) is 20.4. The summed E-state index contributed by atoms with van der Waals surface area (Å²) in [5, 5.41) is 0. The highest BCUT2D eigenvalue weighted by Crippen LogP contribution is 2.30. The van der Waals surface area contributed by atoms with E-state index < -0.39 is 0 Å². The zero-order valence-electron chi connectivity index (χ0n) is 20.4. The third-order valence-corrected chi connectivity index (χ3v) is 7.59. The second kappa shape index (κ2) is 10.4. The van der Waals surface area contributed by atoms with Crippen molar-refractivity contribution in [2.24, 2.45) is 0 Å². The number of aromatic nitrogens is 2. The molecule has 0 amide bonds. The molecular formula is C27H39N5O. The first kappa shape index (κ1) is 22.6. The molecule has 0 saturated carbocycles. The molecule has 0 unspecified atom stereocenters. The van der Waals surface area contributed by atoms with Gasteiger partial charge in [-0.3, -0.25) is 0 Å². The number of hydrogen-bond donors (Lipinski definition) is 0. The average molecular weight is 450 g/mol. The standard InChI is InChI=1S/C27H39N5O/c1-21-6-7-22(8-9-25(21)33-24-11-17-30(2)18-12-24)26-28-20-23-10-19-32(27(23)29-26)16-5-15-31-13-3-4-14-31/h6,8-9,20,24H,3-5,7,10-19H2,1-2H3. The maximum atomic E-state index is 6.40. The van der Waals surface area contributed by atoms with E-state index in [2.05, 4.69) is 53.1 Å². The van der Waals surface area contributed by atoms with Crippen LogP contribution in [-0.4, -0.2) is 78.7 Å². The molecule has 4 aliphatic rings. The van der Waals surface area contributed by atoms with Gasteiger partial charge in [0.05, 0.1) is 0 Å². The molecule has 2 fully saturated rings. The molecule has 178 valence electrons. The second-order valence-electron chi connectivity index (χ2n) is 10.1. The summed E-state index contributed by atoms with van der Waals surface area (Å²) >= 11 is 0. The van der Waals surface area contributed by atoms with Crippen LogP contribution in [0.1, 0.15) is 56.8 Å². The molecule has 1 aliphatic carbocycles. The van der Waals surface area contributed by atoms with Crippen molar-refractivity contribution in [2.45, 2.75) is 58.0 Å². The van der Waals surface area contributed by atoms with Gasteiger partial charge in [-0.15, -0.1) is 0 Å². The molecule has 1 aromatic heterocycles. The quantitative estimate of drug-likeness (QED) is 0.626. The lowest BCUT2D eigenvalue weighted by Gasteiger charge is -2.30. The molecule has 6 nitrogen and oxygen atoms in total. The number of nitrogens with zero attached hydrogens (tertiary/aromatic N) is 5. The average Bonchev–Trinajstić information content (AvgIpc) is 3.45. The van der Waals surface area contributed by atoms with E-state index in [4.69, 9.17) is 14.7 Å². The molecule has 0 radical (unpaired) electrons. The van der Waals surface area contributed by atoms with Gasteiger partial charge in [0, 0.05) is 43.5 Å². The van der Waals surface area contributed by atoms with Crippen LogP contribution in [0.4, 0.5) is 5.82 Å². The molecule has 1 aromatic rings. The van der Waals surface area contributed by atoms with Crippen molar-refractivity contribution in [3.63, 3.8) is 0 Å². The van der Waals surface area contributed by atoms with Gasteiger partial charge in [0.2, 0.25) is 0 Å². The van der Waals surface area contributed by atoms with E-state index in [-0.39, 0.29) is 0 Å². The SMILES string of the molecule is CC1=CCC(c2ncc3c(n2)N(CCCN2CCCC2)CC3)=CC=C1OC1CCN(C)CC1. The summed E-state index contributed by atoms with van der Waals surface area (Å²) in [5.41, 5.74) is 3.68. The van der Waals surface area contributed by atoms with Crippen LogP contribution in [-0.2, 0) is 11.2 Å². The number of likely N-dealkylation sites (tertiary alicyclic amines) is 2. The Morgan fingerprint density at radius 2 is 1.85 bits per heavy atom.